The minimum Gasteiger partial charge on any atom is -0.481 e. The SMILES string of the molecule is [2H]C(CC(=O)O)C([2H])N([2H])C(C)(C)C. The van der Waals surface area contributed by atoms with Gasteiger partial charge in [-0.15, -0.1) is 0 Å². The van der Waals surface area contributed by atoms with Gasteiger partial charge in [-0.2, -0.15) is 0 Å². The van der Waals surface area contributed by atoms with Gasteiger partial charge in [0.1, 0.15) is 1.41 Å². The van der Waals surface area contributed by atoms with Crippen molar-refractivity contribution < 1.29 is 14.1 Å². The van der Waals surface area contributed by atoms with Gasteiger partial charge in [-0.1, -0.05) is 0 Å². The molecular formula is C8H17NO2. The van der Waals surface area contributed by atoms with Crippen molar-refractivity contribution in [1.82, 2.24) is 5.31 Å². The van der Waals surface area contributed by atoms with Crippen LogP contribution in [0, 0.1) is 0 Å². The molecule has 3 nitrogen and oxygen atoms in total. The molecule has 0 radical (unpaired) electrons. The van der Waals surface area contributed by atoms with Crippen LogP contribution in [-0.2, 0) is 4.79 Å². The maximum atomic E-state index is 10.3. The minimum absolute atomic E-state index is 0.403. The maximum absolute atomic E-state index is 10.3. The van der Waals surface area contributed by atoms with Crippen LogP contribution in [0.2, 0.25) is 1.41 Å². The van der Waals surface area contributed by atoms with Crippen LogP contribution in [0.15, 0.2) is 0 Å². The molecule has 0 aliphatic rings. The first-order valence-corrected chi connectivity index (χ1v) is 3.50. The van der Waals surface area contributed by atoms with E-state index in [0.717, 1.165) is 5.31 Å². The molecule has 2 unspecified atom stereocenters. The molecule has 2 atom stereocenters. The summed E-state index contributed by atoms with van der Waals surface area (Å²) in [6.07, 6.45) is -1.50. The van der Waals surface area contributed by atoms with Crippen LogP contribution < -0.4 is 5.31 Å². The molecule has 0 aliphatic carbocycles. The zero-order valence-electron chi connectivity index (χ0n) is 10.2. The monoisotopic (exact) mass is 162 g/mol. The van der Waals surface area contributed by atoms with E-state index in [4.69, 9.17) is 9.26 Å². The summed E-state index contributed by atoms with van der Waals surface area (Å²) in [5.41, 5.74) is -0.551. The van der Waals surface area contributed by atoms with Crippen LogP contribution in [0.5, 0.6) is 0 Å². The predicted octanol–water partition coefficient (Wildman–Crippen LogP) is 1.24. The standard InChI is InChI=1S/C8H17NO2/c1-8(2,3)9-6-4-5-7(10)11/h9H,4-6H2,1-3H3,(H,10,11)/i4D,6D/hD. The zero-order chi connectivity index (χ0) is 11.5. The smallest absolute Gasteiger partial charge is 0.303 e. The molecule has 0 fully saturated rings. The second kappa shape index (κ2) is 4.34. The van der Waals surface area contributed by atoms with Crippen molar-refractivity contribution in [3.05, 3.63) is 0 Å². The maximum Gasteiger partial charge on any atom is 0.303 e. The third-order valence-corrected chi connectivity index (χ3v) is 0.860. The van der Waals surface area contributed by atoms with Crippen LogP contribution in [0.4, 0.5) is 0 Å². The van der Waals surface area contributed by atoms with Gasteiger partial charge >= 0.3 is 5.97 Å². The van der Waals surface area contributed by atoms with E-state index in [1.807, 2.05) is 0 Å². The fourth-order valence-electron chi connectivity index (χ4n) is 0.430. The Hall–Kier alpha value is -0.570. The Bertz CT molecular complexity index is 205. The topological polar surface area (TPSA) is 49.3 Å². The highest BCUT2D eigenvalue weighted by molar-refractivity contribution is 5.66. The molecule has 0 aromatic carbocycles. The molecule has 3 heteroatoms. The summed E-state index contributed by atoms with van der Waals surface area (Å²) in [6.45, 7) is 4.10. The highest BCUT2D eigenvalue weighted by Gasteiger charge is 2.07. The lowest BCUT2D eigenvalue weighted by Gasteiger charge is -2.19. The van der Waals surface area contributed by atoms with Crippen molar-refractivity contribution in [2.45, 2.75) is 39.1 Å². The second-order valence-corrected chi connectivity index (χ2v) is 3.28. The van der Waals surface area contributed by atoms with Gasteiger partial charge < -0.3 is 10.4 Å². The fraction of sp³-hybridized carbons (Fsp3) is 0.875. The number of nitrogens with one attached hydrogen (secondary N) is 1. The molecule has 11 heavy (non-hydrogen) atoms. The number of hydrogen-bond donors (Lipinski definition) is 2. The lowest BCUT2D eigenvalue weighted by molar-refractivity contribution is -0.137. The van der Waals surface area contributed by atoms with Crippen molar-refractivity contribution in [1.29, 1.82) is 0 Å². The summed E-state index contributed by atoms with van der Waals surface area (Å²) in [6, 6.07) is 0. The molecule has 0 aromatic heterocycles. The van der Waals surface area contributed by atoms with Crippen molar-refractivity contribution in [2.75, 3.05) is 6.52 Å². The number of carboxylic acid groups (broad SMARTS) is 1. The highest BCUT2D eigenvalue weighted by Crippen LogP contribution is 1.98. The summed E-state index contributed by atoms with van der Waals surface area (Å²) >= 11 is 0. The van der Waals surface area contributed by atoms with E-state index >= 15 is 0 Å². The first kappa shape index (κ1) is 6.00. The summed E-state index contributed by atoms with van der Waals surface area (Å²) < 4.78 is 22.4. The van der Waals surface area contributed by atoms with Gasteiger partial charge in [-0.3, -0.25) is 4.79 Å². The van der Waals surface area contributed by atoms with Crippen molar-refractivity contribution in [3.8, 4) is 0 Å². The fourth-order valence-corrected chi connectivity index (χ4v) is 0.430. The largest absolute Gasteiger partial charge is 0.481 e. The lowest BCUT2D eigenvalue weighted by Crippen LogP contribution is -2.36. The summed E-state index contributed by atoms with van der Waals surface area (Å²) in [4.78, 5) is 10.3. The third-order valence-electron chi connectivity index (χ3n) is 0.860. The quantitative estimate of drug-likeness (QED) is 0.654. The van der Waals surface area contributed by atoms with Crippen molar-refractivity contribution in [2.24, 2.45) is 0 Å². The Kier molecular flexibility index (Phi) is 2.37. The first-order valence-electron chi connectivity index (χ1n) is 5.11. The Labute approximate surface area is 72.1 Å². The zero-order valence-corrected chi connectivity index (χ0v) is 7.16. The van der Waals surface area contributed by atoms with E-state index in [0.29, 0.717) is 0 Å². The van der Waals surface area contributed by atoms with Crippen molar-refractivity contribution >= 4 is 5.97 Å². The van der Waals surface area contributed by atoms with E-state index < -0.39 is 30.8 Å². The normalized spacial score (nSPS) is 21.6. The average molecular weight is 162 g/mol. The van der Waals surface area contributed by atoms with Gasteiger partial charge in [0.25, 0.3) is 0 Å². The summed E-state index contributed by atoms with van der Waals surface area (Å²) in [5, 5.41) is 9.39. The van der Waals surface area contributed by atoms with Gasteiger partial charge in [0, 0.05) is 14.7 Å². The van der Waals surface area contributed by atoms with E-state index in [2.05, 4.69) is 0 Å². The van der Waals surface area contributed by atoms with E-state index in [9.17, 15) is 4.79 Å². The van der Waals surface area contributed by atoms with E-state index in [-0.39, 0.29) is 0 Å². The number of aliphatic carboxylic acids is 1. The Morgan fingerprint density at radius 1 is 1.73 bits per heavy atom. The molecule has 0 saturated heterocycles. The number of carbonyl (C=O) groups is 1. The Morgan fingerprint density at radius 3 is 2.64 bits per heavy atom. The van der Waals surface area contributed by atoms with Crippen LogP contribution in [-0.4, -0.2) is 23.1 Å². The molecule has 66 valence electrons. The van der Waals surface area contributed by atoms with Crippen LogP contribution in [0.1, 0.15) is 36.3 Å². The van der Waals surface area contributed by atoms with Gasteiger partial charge in [-0.25, -0.2) is 0 Å². The van der Waals surface area contributed by atoms with E-state index in [1.165, 1.54) is 0 Å². The molecule has 0 aliphatic heterocycles. The Morgan fingerprint density at radius 2 is 2.27 bits per heavy atom. The Balaban J connectivity index is 4.31. The molecule has 0 amide bonds. The lowest BCUT2D eigenvalue weighted by atomic mass is 10.1. The summed E-state index contributed by atoms with van der Waals surface area (Å²) in [7, 11) is 0. The molecule has 0 saturated carbocycles. The molecule has 0 spiro atoms. The average Bonchev–Trinajstić information content (AvgIpc) is 1.98. The van der Waals surface area contributed by atoms with Gasteiger partial charge in [0.05, 0.1) is 0 Å². The first-order chi connectivity index (χ1) is 6.16. The number of hydrogen-bond acceptors (Lipinski definition) is 2. The van der Waals surface area contributed by atoms with Gasteiger partial charge in [0.2, 0.25) is 0 Å². The summed E-state index contributed by atoms with van der Waals surface area (Å²) in [5.74, 6) is -1.11. The number of rotatable bonds is 4. The van der Waals surface area contributed by atoms with Gasteiger partial charge in [-0.05, 0) is 33.7 Å². The van der Waals surface area contributed by atoms with Crippen LogP contribution in [0.3, 0.4) is 0 Å². The molecule has 0 rings (SSSR count). The highest BCUT2D eigenvalue weighted by atomic mass is 16.4. The van der Waals surface area contributed by atoms with Crippen LogP contribution >= 0.6 is 0 Å². The third kappa shape index (κ3) is 9.43. The van der Waals surface area contributed by atoms with Gasteiger partial charge in [0.15, 0.2) is 0 Å². The van der Waals surface area contributed by atoms with E-state index in [1.54, 1.807) is 20.8 Å². The predicted molar refractivity (Wildman–Crippen MR) is 44.6 cm³/mol. The second-order valence-electron chi connectivity index (χ2n) is 3.28. The molecule has 0 aromatic rings. The van der Waals surface area contributed by atoms with Crippen LogP contribution in [0.25, 0.3) is 0 Å². The molecule has 0 bridgehead atoms. The number of carboxylic acids is 1. The van der Waals surface area contributed by atoms with Crippen molar-refractivity contribution in [3.63, 3.8) is 0 Å². The molecule has 2 N–H and O–H groups in total. The molecule has 0 heterocycles. The molecular weight excluding hydrogens is 142 g/mol. The minimum atomic E-state index is -1.13.